The van der Waals surface area contributed by atoms with Gasteiger partial charge in [0.15, 0.2) is 11.5 Å². The highest BCUT2D eigenvalue weighted by molar-refractivity contribution is 5.92. The van der Waals surface area contributed by atoms with Crippen LogP contribution in [-0.2, 0) is 9.59 Å². The van der Waals surface area contributed by atoms with Crippen molar-refractivity contribution in [1.82, 2.24) is 4.90 Å². The van der Waals surface area contributed by atoms with Crippen molar-refractivity contribution < 1.29 is 24.2 Å². The van der Waals surface area contributed by atoms with Crippen molar-refractivity contribution in [2.24, 2.45) is 5.92 Å². The average molecular weight is 303 g/mol. The van der Waals surface area contributed by atoms with Crippen molar-refractivity contribution in [3.8, 4) is 11.5 Å². The molecule has 6 nitrogen and oxygen atoms in total. The Bertz CT molecular complexity index is 625. The number of hydrogen-bond acceptors (Lipinski definition) is 4. The van der Waals surface area contributed by atoms with E-state index in [9.17, 15) is 9.59 Å². The molecule has 6 heteroatoms. The minimum atomic E-state index is -0.836. The van der Waals surface area contributed by atoms with Gasteiger partial charge < -0.3 is 19.5 Å². The third-order valence-electron chi connectivity index (χ3n) is 3.90. The minimum absolute atomic E-state index is 0.163. The predicted octanol–water partition coefficient (Wildman–Crippen LogP) is 1.75. The maximum absolute atomic E-state index is 12.2. The summed E-state index contributed by atoms with van der Waals surface area (Å²) < 4.78 is 10.5. The number of nitrogens with zero attached hydrogens (tertiary/aromatic N) is 1. The molecule has 1 unspecified atom stereocenters. The summed E-state index contributed by atoms with van der Waals surface area (Å²) in [6, 6.07) is 5.45. The predicted molar refractivity (Wildman–Crippen MR) is 78.5 cm³/mol. The molecule has 0 bridgehead atoms. The molecule has 3 rings (SSSR count). The molecule has 2 aliphatic heterocycles. The molecule has 1 N–H and O–H groups in total. The number of amides is 1. The van der Waals surface area contributed by atoms with E-state index in [-0.39, 0.29) is 19.2 Å². The molecule has 1 fully saturated rings. The van der Waals surface area contributed by atoms with Gasteiger partial charge in [-0.2, -0.15) is 0 Å². The summed E-state index contributed by atoms with van der Waals surface area (Å²) in [5.74, 6) is -0.0974. The van der Waals surface area contributed by atoms with Crippen molar-refractivity contribution in [3.63, 3.8) is 0 Å². The minimum Gasteiger partial charge on any atom is -0.481 e. The van der Waals surface area contributed by atoms with Gasteiger partial charge in [-0.1, -0.05) is 6.07 Å². The van der Waals surface area contributed by atoms with Gasteiger partial charge >= 0.3 is 5.97 Å². The van der Waals surface area contributed by atoms with E-state index in [0.717, 1.165) is 12.0 Å². The quantitative estimate of drug-likeness (QED) is 0.861. The molecule has 2 aliphatic rings. The van der Waals surface area contributed by atoms with Gasteiger partial charge in [-0.15, -0.1) is 0 Å². The van der Waals surface area contributed by atoms with E-state index in [0.29, 0.717) is 24.5 Å². The Hall–Kier alpha value is -2.50. The standard InChI is InChI=1S/C16H17NO5/c18-15(17-7-1-2-12(9-17)16(19)20)6-4-11-3-5-13-14(8-11)22-10-21-13/h3-6,8,12H,1-2,7,9-10H2,(H,19,20). The number of benzene rings is 1. The number of piperidine rings is 1. The van der Waals surface area contributed by atoms with Crippen LogP contribution in [0.3, 0.4) is 0 Å². The molecule has 116 valence electrons. The van der Waals surface area contributed by atoms with E-state index in [1.165, 1.54) is 6.08 Å². The summed E-state index contributed by atoms with van der Waals surface area (Å²) in [7, 11) is 0. The number of fused-ring (bicyclic) bond motifs is 1. The Morgan fingerprint density at radius 3 is 2.91 bits per heavy atom. The van der Waals surface area contributed by atoms with Gasteiger partial charge in [0.05, 0.1) is 5.92 Å². The van der Waals surface area contributed by atoms with E-state index in [2.05, 4.69) is 0 Å². The number of rotatable bonds is 3. The first-order valence-corrected chi connectivity index (χ1v) is 7.23. The highest BCUT2D eigenvalue weighted by Crippen LogP contribution is 2.32. The summed E-state index contributed by atoms with van der Waals surface area (Å²) in [6.45, 7) is 1.10. The number of carboxylic acid groups (broad SMARTS) is 1. The highest BCUT2D eigenvalue weighted by atomic mass is 16.7. The summed E-state index contributed by atoms with van der Waals surface area (Å²) in [4.78, 5) is 24.8. The van der Waals surface area contributed by atoms with Crippen LogP contribution in [0.5, 0.6) is 11.5 Å². The van der Waals surface area contributed by atoms with Gasteiger partial charge in [0.25, 0.3) is 0 Å². The van der Waals surface area contributed by atoms with Crippen molar-refractivity contribution in [2.75, 3.05) is 19.9 Å². The maximum Gasteiger partial charge on any atom is 0.308 e. The summed E-state index contributed by atoms with van der Waals surface area (Å²) >= 11 is 0. The highest BCUT2D eigenvalue weighted by Gasteiger charge is 2.27. The third kappa shape index (κ3) is 3.05. The van der Waals surface area contributed by atoms with Gasteiger partial charge in [0.1, 0.15) is 0 Å². The first kappa shape index (κ1) is 14.4. The van der Waals surface area contributed by atoms with Crippen molar-refractivity contribution in [3.05, 3.63) is 29.8 Å². The smallest absolute Gasteiger partial charge is 0.308 e. The van der Waals surface area contributed by atoms with E-state index in [4.69, 9.17) is 14.6 Å². The van der Waals surface area contributed by atoms with E-state index in [1.54, 1.807) is 17.0 Å². The topological polar surface area (TPSA) is 76.1 Å². The van der Waals surface area contributed by atoms with Crippen LogP contribution in [0.2, 0.25) is 0 Å². The van der Waals surface area contributed by atoms with Gasteiger partial charge in [0.2, 0.25) is 12.7 Å². The molecule has 0 aromatic heterocycles. The Morgan fingerprint density at radius 1 is 1.27 bits per heavy atom. The number of aliphatic carboxylic acids is 1. The molecule has 1 saturated heterocycles. The lowest BCUT2D eigenvalue weighted by Crippen LogP contribution is -2.41. The van der Waals surface area contributed by atoms with Crippen molar-refractivity contribution in [2.45, 2.75) is 12.8 Å². The van der Waals surface area contributed by atoms with Gasteiger partial charge in [-0.3, -0.25) is 9.59 Å². The molecule has 0 aliphatic carbocycles. The number of carboxylic acids is 1. The molecule has 1 aromatic carbocycles. The number of carbonyl (C=O) groups excluding carboxylic acids is 1. The molecular formula is C16H17NO5. The van der Waals surface area contributed by atoms with Crippen LogP contribution in [0.15, 0.2) is 24.3 Å². The normalized spacial score (nSPS) is 20.4. The van der Waals surface area contributed by atoms with Crippen LogP contribution in [0.25, 0.3) is 6.08 Å². The number of carbonyl (C=O) groups is 2. The zero-order chi connectivity index (χ0) is 15.5. The molecule has 22 heavy (non-hydrogen) atoms. The van der Waals surface area contributed by atoms with E-state index in [1.807, 2.05) is 12.1 Å². The van der Waals surface area contributed by atoms with Gasteiger partial charge in [-0.25, -0.2) is 0 Å². The zero-order valence-corrected chi connectivity index (χ0v) is 12.0. The zero-order valence-electron chi connectivity index (χ0n) is 12.0. The number of hydrogen-bond donors (Lipinski definition) is 1. The maximum atomic E-state index is 12.2. The van der Waals surface area contributed by atoms with Crippen LogP contribution in [0.4, 0.5) is 0 Å². The SMILES string of the molecule is O=C(O)C1CCCN(C(=O)C=Cc2ccc3c(c2)OCO3)C1. The second kappa shape index (κ2) is 6.09. The van der Waals surface area contributed by atoms with Crippen LogP contribution in [0.1, 0.15) is 18.4 Å². The largest absolute Gasteiger partial charge is 0.481 e. The lowest BCUT2D eigenvalue weighted by molar-refractivity contribution is -0.144. The number of ether oxygens (including phenoxy) is 2. The molecular weight excluding hydrogens is 286 g/mol. The van der Waals surface area contributed by atoms with Gasteiger partial charge in [-0.05, 0) is 36.6 Å². The van der Waals surface area contributed by atoms with E-state index >= 15 is 0 Å². The van der Waals surface area contributed by atoms with Crippen LogP contribution in [-0.4, -0.2) is 41.8 Å². The molecule has 0 spiro atoms. The van der Waals surface area contributed by atoms with Crippen LogP contribution >= 0.6 is 0 Å². The van der Waals surface area contributed by atoms with Crippen molar-refractivity contribution >= 4 is 18.0 Å². The Morgan fingerprint density at radius 2 is 2.09 bits per heavy atom. The fourth-order valence-corrected chi connectivity index (χ4v) is 2.67. The number of likely N-dealkylation sites (tertiary alicyclic amines) is 1. The Kier molecular flexibility index (Phi) is 4.00. The summed E-state index contributed by atoms with van der Waals surface area (Å²) in [5, 5.41) is 9.05. The Balaban J connectivity index is 1.64. The molecule has 1 amide bonds. The summed E-state index contributed by atoms with van der Waals surface area (Å²) in [6.07, 6.45) is 4.53. The monoisotopic (exact) mass is 303 g/mol. The molecule has 2 heterocycles. The fourth-order valence-electron chi connectivity index (χ4n) is 2.67. The molecule has 1 atom stereocenters. The molecule has 1 aromatic rings. The average Bonchev–Trinajstić information content (AvgIpc) is 3.00. The van der Waals surface area contributed by atoms with Gasteiger partial charge in [0, 0.05) is 19.2 Å². The molecule has 0 radical (unpaired) electrons. The lowest BCUT2D eigenvalue weighted by atomic mass is 9.98. The van der Waals surface area contributed by atoms with Crippen LogP contribution in [0, 0.1) is 5.92 Å². The van der Waals surface area contributed by atoms with E-state index < -0.39 is 11.9 Å². The first-order chi connectivity index (χ1) is 10.6. The lowest BCUT2D eigenvalue weighted by Gasteiger charge is -2.29. The fraction of sp³-hybridized carbons (Fsp3) is 0.375. The summed E-state index contributed by atoms with van der Waals surface area (Å²) in [5.41, 5.74) is 0.837. The third-order valence-corrected chi connectivity index (χ3v) is 3.90. The van der Waals surface area contributed by atoms with Crippen molar-refractivity contribution in [1.29, 1.82) is 0 Å². The second-order valence-electron chi connectivity index (χ2n) is 5.41. The Labute approximate surface area is 127 Å². The second-order valence-corrected chi connectivity index (χ2v) is 5.41. The molecule has 0 saturated carbocycles. The van der Waals surface area contributed by atoms with Crippen LogP contribution < -0.4 is 9.47 Å². The first-order valence-electron chi connectivity index (χ1n) is 7.23.